The number of hydrogen-bond acceptors (Lipinski definition) is 9. The SMILES string of the molecule is CC(C)(CCCOCCCC(C)(C)OP(=O)(OCc1ccccc1)OCc1ccccc1)OP(=O)(OCc1ccccc1)OCc1ccccc1. The zero-order chi connectivity index (χ0) is 36.5. The van der Waals surface area contributed by atoms with Crippen LogP contribution in [-0.4, -0.2) is 24.4 Å². The Hall–Kier alpha value is -2.94. The molecule has 0 unspecified atom stereocenters. The third-order valence-corrected chi connectivity index (χ3v) is 11.0. The minimum Gasteiger partial charge on any atom is -0.381 e. The smallest absolute Gasteiger partial charge is 0.381 e. The average molecular weight is 739 g/mol. The summed E-state index contributed by atoms with van der Waals surface area (Å²) in [5.74, 6) is 0. The van der Waals surface area contributed by atoms with Gasteiger partial charge in [0.05, 0.1) is 37.6 Å². The van der Waals surface area contributed by atoms with Gasteiger partial charge in [-0.15, -0.1) is 0 Å². The van der Waals surface area contributed by atoms with Gasteiger partial charge in [0.25, 0.3) is 0 Å². The molecule has 51 heavy (non-hydrogen) atoms. The first kappa shape index (κ1) is 40.8. The van der Waals surface area contributed by atoms with Gasteiger partial charge < -0.3 is 4.74 Å². The largest absolute Gasteiger partial charge is 0.475 e. The third-order valence-electron chi connectivity index (χ3n) is 7.78. The van der Waals surface area contributed by atoms with Crippen LogP contribution in [0.25, 0.3) is 0 Å². The van der Waals surface area contributed by atoms with Gasteiger partial charge in [-0.05, 0) is 75.6 Å². The molecular weight excluding hydrogens is 686 g/mol. The molecule has 0 atom stereocenters. The molecule has 0 bridgehead atoms. The van der Waals surface area contributed by atoms with E-state index in [0.717, 1.165) is 22.3 Å². The Bertz CT molecular complexity index is 1420. The van der Waals surface area contributed by atoms with Crippen LogP contribution in [-0.2, 0) is 67.4 Å². The number of rotatable bonds is 24. The maximum Gasteiger partial charge on any atom is 0.475 e. The van der Waals surface area contributed by atoms with Crippen molar-refractivity contribution in [2.24, 2.45) is 0 Å². The molecule has 0 amide bonds. The van der Waals surface area contributed by atoms with Gasteiger partial charge in [0.2, 0.25) is 0 Å². The summed E-state index contributed by atoms with van der Waals surface area (Å²) in [5.41, 5.74) is 1.86. The predicted octanol–water partition coefficient (Wildman–Crippen LogP) is 11.2. The zero-order valence-corrected chi connectivity index (χ0v) is 32.0. The molecule has 0 radical (unpaired) electrons. The maximum atomic E-state index is 13.8. The fourth-order valence-electron chi connectivity index (χ4n) is 5.09. The van der Waals surface area contributed by atoms with E-state index in [2.05, 4.69) is 0 Å². The van der Waals surface area contributed by atoms with E-state index in [1.807, 2.05) is 149 Å². The second-order valence-corrected chi connectivity index (χ2v) is 16.6. The lowest BCUT2D eigenvalue weighted by Crippen LogP contribution is -2.25. The lowest BCUT2D eigenvalue weighted by molar-refractivity contribution is 0.00920. The Labute approximate surface area is 303 Å². The van der Waals surface area contributed by atoms with Gasteiger partial charge in [0, 0.05) is 13.2 Å². The predicted molar refractivity (Wildman–Crippen MR) is 200 cm³/mol. The highest BCUT2D eigenvalue weighted by Crippen LogP contribution is 2.55. The summed E-state index contributed by atoms with van der Waals surface area (Å²) in [6, 6.07) is 38.0. The normalized spacial score (nSPS) is 12.6. The van der Waals surface area contributed by atoms with Crippen LogP contribution in [0, 0.1) is 0 Å². The van der Waals surface area contributed by atoms with Gasteiger partial charge in [0.15, 0.2) is 0 Å². The fraction of sp³-hybridized carbons (Fsp3) is 0.400. The molecule has 0 saturated carbocycles. The summed E-state index contributed by atoms with van der Waals surface area (Å²) in [6.45, 7) is 8.83. The summed E-state index contributed by atoms with van der Waals surface area (Å²) in [4.78, 5) is 0. The van der Waals surface area contributed by atoms with E-state index in [1.165, 1.54) is 0 Å². The van der Waals surface area contributed by atoms with Crippen LogP contribution in [0.4, 0.5) is 0 Å². The molecule has 0 aliphatic heterocycles. The maximum absolute atomic E-state index is 13.8. The minimum atomic E-state index is -3.92. The molecule has 4 aromatic rings. The van der Waals surface area contributed by atoms with Crippen LogP contribution in [0.15, 0.2) is 121 Å². The van der Waals surface area contributed by atoms with Crippen LogP contribution in [0.1, 0.15) is 75.6 Å². The molecule has 9 nitrogen and oxygen atoms in total. The Kier molecular flexibility index (Phi) is 16.3. The summed E-state index contributed by atoms with van der Waals surface area (Å²) >= 11 is 0. The van der Waals surface area contributed by atoms with Crippen LogP contribution in [0.3, 0.4) is 0 Å². The van der Waals surface area contributed by atoms with Crippen molar-refractivity contribution in [3.63, 3.8) is 0 Å². The number of phosphoric acid groups is 2. The molecule has 4 aromatic carbocycles. The van der Waals surface area contributed by atoms with E-state index in [-0.39, 0.29) is 26.4 Å². The average Bonchev–Trinajstić information content (AvgIpc) is 3.12. The molecular formula is C40H52O9P2. The first-order chi connectivity index (χ1) is 24.4. The Balaban J connectivity index is 1.22. The summed E-state index contributed by atoms with van der Waals surface area (Å²) in [7, 11) is -7.84. The molecule has 0 heterocycles. The first-order valence-electron chi connectivity index (χ1n) is 17.4. The van der Waals surface area contributed by atoms with E-state index in [4.69, 9.17) is 31.9 Å². The minimum absolute atomic E-state index is 0.0971. The van der Waals surface area contributed by atoms with Crippen LogP contribution >= 0.6 is 15.6 Å². The van der Waals surface area contributed by atoms with Crippen molar-refractivity contribution < 1.29 is 41.0 Å². The molecule has 276 valence electrons. The second kappa shape index (κ2) is 20.3. The van der Waals surface area contributed by atoms with Gasteiger partial charge in [-0.2, -0.15) is 0 Å². The van der Waals surface area contributed by atoms with E-state index in [1.54, 1.807) is 0 Å². The number of ether oxygens (including phenoxy) is 1. The molecule has 0 N–H and O–H groups in total. The molecule has 4 rings (SSSR count). The topological polar surface area (TPSA) is 98.8 Å². The van der Waals surface area contributed by atoms with E-state index in [9.17, 15) is 9.13 Å². The lowest BCUT2D eigenvalue weighted by atomic mass is 10.0. The van der Waals surface area contributed by atoms with Crippen LogP contribution < -0.4 is 0 Å². The Morgan fingerprint density at radius 1 is 0.431 bits per heavy atom. The number of hydrogen-bond donors (Lipinski definition) is 0. The van der Waals surface area contributed by atoms with Crippen molar-refractivity contribution in [3.8, 4) is 0 Å². The monoisotopic (exact) mass is 738 g/mol. The van der Waals surface area contributed by atoms with E-state index >= 15 is 0 Å². The summed E-state index contributed by atoms with van der Waals surface area (Å²) in [6.07, 6.45) is 2.46. The van der Waals surface area contributed by atoms with Gasteiger partial charge in [-0.1, -0.05) is 121 Å². The van der Waals surface area contributed by atoms with Crippen molar-refractivity contribution in [3.05, 3.63) is 144 Å². The molecule has 0 aliphatic rings. The highest BCUT2D eigenvalue weighted by molar-refractivity contribution is 7.48. The van der Waals surface area contributed by atoms with Gasteiger partial charge >= 0.3 is 15.6 Å². The van der Waals surface area contributed by atoms with Crippen molar-refractivity contribution in [2.45, 2.75) is 91.0 Å². The van der Waals surface area contributed by atoms with Gasteiger partial charge in [-0.3, -0.25) is 27.1 Å². The molecule has 11 heteroatoms. The zero-order valence-electron chi connectivity index (χ0n) is 30.2. The summed E-state index contributed by atoms with van der Waals surface area (Å²) < 4.78 is 68.9. The third kappa shape index (κ3) is 16.1. The van der Waals surface area contributed by atoms with Crippen molar-refractivity contribution in [1.82, 2.24) is 0 Å². The number of benzene rings is 4. The second-order valence-electron chi connectivity index (χ2n) is 13.5. The number of phosphoric ester groups is 2. The Morgan fingerprint density at radius 3 is 0.941 bits per heavy atom. The fourth-order valence-corrected chi connectivity index (χ4v) is 8.07. The van der Waals surface area contributed by atoms with Gasteiger partial charge in [0.1, 0.15) is 0 Å². The molecule has 0 aliphatic carbocycles. The van der Waals surface area contributed by atoms with Crippen molar-refractivity contribution >= 4 is 15.6 Å². The standard InChI is InChI=1S/C40H52O9P2/c1-39(2,48-50(41,44-31-35-19-9-5-10-20-35)45-32-36-21-11-6-12-22-36)27-17-29-43-30-18-28-40(3,4)49-51(42,46-33-37-23-13-7-14-24-37)47-34-38-25-15-8-16-26-38/h5-16,19-26H,17-18,27-34H2,1-4H3. The van der Waals surface area contributed by atoms with E-state index < -0.39 is 26.8 Å². The lowest BCUT2D eigenvalue weighted by Gasteiger charge is -2.30. The first-order valence-corrected chi connectivity index (χ1v) is 20.3. The van der Waals surface area contributed by atoms with Crippen molar-refractivity contribution in [2.75, 3.05) is 13.2 Å². The highest BCUT2D eigenvalue weighted by Gasteiger charge is 2.36. The van der Waals surface area contributed by atoms with E-state index in [0.29, 0.717) is 38.9 Å². The highest BCUT2D eigenvalue weighted by atomic mass is 31.2. The van der Waals surface area contributed by atoms with Crippen LogP contribution in [0.5, 0.6) is 0 Å². The van der Waals surface area contributed by atoms with Crippen LogP contribution in [0.2, 0.25) is 0 Å². The quantitative estimate of drug-likeness (QED) is 0.0514. The Morgan fingerprint density at radius 2 is 0.686 bits per heavy atom. The van der Waals surface area contributed by atoms with Crippen molar-refractivity contribution in [1.29, 1.82) is 0 Å². The molecule has 0 saturated heterocycles. The molecule has 0 aromatic heterocycles. The molecule has 0 fully saturated rings. The summed E-state index contributed by atoms with van der Waals surface area (Å²) in [5, 5.41) is 0. The van der Waals surface area contributed by atoms with Gasteiger partial charge in [-0.25, -0.2) is 9.13 Å². The molecule has 0 spiro atoms.